The van der Waals surface area contributed by atoms with E-state index in [9.17, 15) is 14.7 Å². The predicted octanol–water partition coefficient (Wildman–Crippen LogP) is -0.463. The lowest BCUT2D eigenvalue weighted by molar-refractivity contribution is -0.0269. The molecule has 2 rings (SSSR count). The monoisotopic (exact) mass is 282 g/mol. The molecule has 108 valence electrons. The molecular weight excluding hydrogens is 268 g/mol. The summed E-state index contributed by atoms with van der Waals surface area (Å²) >= 11 is 0. The summed E-state index contributed by atoms with van der Waals surface area (Å²) in [5.41, 5.74) is 7.52. The molecule has 1 fully saturated rings. The molecule has 0 bridgehead atoms. The van der Waals surface area contributed by atoms with Crippen LogP contribution in [0.2, 0.25) is 0 Å². The third-order valence-corrected chi connectivity index (χ3v) is 3.13. The van der Waals surface area contributed by atoms with Crippen LogP contribution >= 0.6 is 0 Å². The summed E-state index contributed by atoms with van der Waals surface area (Å²) < 4.78 is 6.68. The van der Waals surface area contributed by atoms with Gasteiger partial charge < -0.3 is 15.2 Å². The summed E-state index contributed by atoms with van der Waals surface area (Å²) in [6, 6.07) is -0.563. The minimum Gasteiger partial charge on any atom is -0.394 e. The number of aliphatic hydroxyl groups excluding tert-OH is 1. The number of aromatic amines is 1. The van der Waals surface area contributed by atoms with Gasteiger partial charge in [0.25, 0.3) is 5.56 Å². The zero-order valence-electron chi connectivity index (χ0n) is 10.7. The number of anilines is 1. The Morgan fingerprint density at radius 2 is 2.45 bits per heavy atom. The maximum absolute atomic E-state index is 11.8. The smallest absolute Gasteiger partial charge is 0.330 e. The SMILES string of the molecule is CNc1cn([C@H]2C[C@H](N=[N+]=[N-])[C@@H](CO)O2)c(=O)[nH]c1=O. The molecule has 10 nitrogen and oxygen atoms in total. The molecule has 0 aromatic carbocycles. The summed E-state index contributed by atoms with van der Waals surface area (Å²) in [6.07, 6.45) is 0.190. The third-order valence-electron chi connectivity index (χ3n) is 3.13. The average Bonchev–Trinajstić information content (AvgIpc) is 2.82. The topological polar surface area (TPSA) is 145 Å². The van der Waals surface area contributed by atoms with Gasteiger partial charge in [-0.05, 0) is 5.53 Å². The second kappa shape index (κ2) is 5.78. The lowest BCUT2D eigenvalue weighted by atomic mass is 10.1. The molecule has 3 atom stereocenters. The highest BCUT2D eigenvalue weighted by Gasteiger charge is 2.35. The highest BCUT2D eigenvalue weighted by molar-refractivity contribution is 5.36. The van der Waals surface area contributed by atoms with Crippen molar-refractivity contribution in [2.24, 2.45) is 5.11 Å². The van der Waals surface area contributed by atoms with Gasteiger partial charge in [0.2, 0.25) is 0 Å². The van der Waals surface area contributed by atoms with E-state index in [2.05, 4.69) is 20.3 Å². The molecule has 1 aliphatic heterocycles. The normalized spacial score (nSPS) is 25.2. The molecule has 0 amide bonds. The van der Waals surface area contributed by atoms with Gasteiger partial charge in [-0.3, -0.25) is 14.3 Å². The quantitative estimate of drug-likeness (QED) is 0.388. The minimum atomic E-state index is -0.709. The molecular formula is C10H14N6O4. The van der Waals surface area contributed by atoms with Crippen LogP contribution in [0.5, 0.6) is 0 Å². The fourth-order valence-corrected chi connectivity index (χ4v) is 2.12. The summed E-state index contributed by atoms with van der Waals surface area (Å²) in [5, 5.41) is 15.4. The number of aliphatic hydroxyl groups is 1. The van der Waals surface area contributed by atoms with Gasteiger partial charge in [-0.25, -0.2) is 4.79 Å². The fraction of sp³-hybridized carbons (Fsp3) is 0.600. The van der Waals surface area contributed by atoms with Crippen molar-refractivity contribution in [1.29, 1.82) is 0 Å². The number of azide groups is 1. The average molecular weight is 282 g/mol. The molecule has 3 N–H and O–H groups in total. The first-order valence-corrected chi connectivity index (χ1v) is 5.94. The van der Waals surface area contributed by atoms with Crippen molar-refractivity contribution < 1.29 is 9.84 Å². The summed E-state index contributed by atoms with van der Waals surface area (Å²) in [4.78, 5) is 28.1. The van der Waals surface area contributed by atoms with Crippen LogP contribution < -0.4 is 16.6 Å². The van der Waals surface area contributed by atoms with Crippen molar-refractivity contribution in [3.8, 4) is 0 Å². The van der Waals surface area contributed by atoms with Crippen LogP contribution in [0.25, 0.3) is 10.4 Å². The van der Waals surface area contributed by atoms with Crippen LogP contribution in [-0.4, -0.2) is 40.5 Å². The van der Waals surface area contributed by atoms with Gasteiger partial charge in [-0.1, -0.05) is 5.11 Å². The standard InChI is InChI=1S/C10H14N6O4/c1-12-6-3-16(10(19)13-9(6)18)8-2-5(14-15-11)7(4-17)20-8/h3,5,7-8,12,17H,2,4H2,1H3,(H,13,18,19)/t5-,7+,8+/m0/s1. The van der Waals surface area contributed by atoms with Crippen LogP contribution in [-0.2, 0) is 4.74 Å². The van der Waals surface area contributed by atoms with Crippen LogP contribution in [0.15, 0.2) is 20.9 Å². The van der Waals surface area contributed by atoms with Gasteiger partial charge in [0.05, 0.1) is 18.8 Å². The number of hydrogen-bond acceptors (Lipinski definition) is 6. The molecule has 0 saturated carbocycles. The summed E-state index contributed by atoms with van der Waals surface area (Å²) in [6.45, 7) is -0.322. The van der Waals surface area contributed by atoms with Crippen LogP contribution in [0.1, 0.15) is 12.6 Å². The number of rotatable bonds is 4. The number of hydrogen-bond donors (Lipinski definition) is 3. The van der Waals surface area contributed by atoms with Crippen LogP contribution in [0.3, 0.4) is 0 Å². The molecule has 1 aromatic heterocycles. The lowest BCUT2D eigenvalue weighted by Gasteiger charge is -2.15. The fourth-order valence-electron chi connectivity index (χ4n) is 2.12. The molecule has 10 heteroatoms. The minimum absolute atomic E-state index is 0.209. The van der Waals surface area contributed by atoms with Crippen molar-refractivity contribution in [1.82, 2.24) is 9.55 Å². The third kappa shape index (κ3) is 2.52. The molecule has 0 unspecified atom stereocenters. The predicted molar refractivity (Wildman–Crippen MR) is 69.4 cm³/mol. The van der Waals surface area contributed by atoms with E-state index in [-0.39, 0.29) is 18.7 Å². The second-order valence-corrected chi connectivity index (χ2v) is 4.28. The first kappa shape index (κ1) is 14.1. The van der Waals surface area contributed by atoms with Crippen molar-refractivity contribution in [3.63, 3.8) is 0 Å². The zero-order chi connectivity index (χ0) is 14.7. The van der Waals surface area contributed by atoms with Gasteiger partial charge in [-0.2, -0.15) is 0 Å². The van der Waals surface area contributed by atoms with Crippen molar-refractivity contribution in [2.75, 3.05) is 19.0 Å². The Kier molecular flexibility index (Phi) is 4.08. The number of aromatic nitrogens is 2. The van der Waals surface area contributed by atoms with Gasteiger partial charge in [0.15, 0.2) is 0 Å². The van der Waals surface area contributed by atoms with Crippen LogP contribution in [0.4, 0.5) is 5.69 Å². The Morgan fingerprint density at radius 3 is 3.05 bits per heavy atom. The molecule has 1 aliphatic rings. The Hall–Kier alpha value is -2.29. The van der Waals surface area contributed by atoms with Gasteiger partial charge in [0.1, 0.15) is 11.9 Å². The number of H-pyrrole nitrogens is 1. The Bertz CT molecular complexity index is 646. The highest BCUT2D eigenvalue weighted by atomic mass is 16.5. The van der Waals surface area contributed by atoms with Crippen molar-refractivity contribution in [3.05, 3.63) is 37.5 Å². The van der Waals surface area contributed by atoms with E-state index in [4.69, 9.17) is 10.3 Å². The van der Waals surface area contributed by atoms with Gasteiger partial charge in [-0.15, -0.1) is 0 Å². The number of ether oxygens (including phenoxy) is 1. The van der Waals surface area contributed by atoms with Gasteiger partial charge in [0, 0.05) is 24.6 Å². The van der Waals surface area contributed by atoms with E-state index in [0.717, 1.165) is 0 Å². The number of nitrogens with one attached hydrogen (secondary N) is 2. The molecule has 1 saturated heterocycles. The van der Waals surface area contributed by atoms with Gasteiger partial charge >= 0.3 is 5.69 Å². The summed E-state index contributed by atoms with van der Waals surface area (Å²) in [7, 11) is 1.55. The summed E-state index contributed by atoms with van der Waals surface area (Å²) in [5.74, 6) is 0. The molecule has 0 spiro atoms. The maximum Gasteiger partial charge on any atom is 0.330 e. The van der Waals surface area contributed by atoms with Crippen molar-refractivity contribution in [2.45, 2.75) is 24.8 Å². The molecule has 2 heterocycles. The van der Waals surface area contributed by atoms with E-state index < -0.39 is 29.6 Å². The van der Waals surface area contributed by atoms with E-state index in [1.807, 2.05) is 0 Å². The largest absolute Gasteiger partial charge is 0.394 e. The zero-order valence-corrected chi connectivity index (χ0v) is 10.7. The Morgan fingerprint density at radius 1 is 1.70 bits per heavy atom. The molecule has 20 heavy (non-hydrogen) atoms. The van der Waals surface area contributed by atoms with Crippen molar-refractivity contribution >= 4 is 5.69 Å². The second-order valence-electron chi connectivity index (χ2n) is 4.28. The van der Waals surface area contributed by atoms with E-state index in [0.29, 0.717) is 0 Å². The highest BCUT2D eigenvalue weighted by Crippen LogP contribution is 2.29. The first-order valence-electron chi connectivity index (χ1n) is 5.94. The number of nitrogens with zero attached hydrogens (tertiary/aromatic N) is 4. The maximum atomic E-state index is 11.8. The molecule has 1 aromatic rings. The Balaban J connectivity index is 2.36. The molecule has 0 radical (unpaired) electrons. The van der Waals surface area contributed by atoms with E-state index in [1.165, 1.54) is 10.8 Å². The first-order chi connectivity index (χ1) is 9.60. The molecule has 0 aliphatic carbocycles. The Labute approximate surface area is 112 Å². The van der Waals surface area contributed by atoms with E-state index in [1.54, 1.807) is 7.05 Å². The lowest BCUT2D eigenvalue weighted by Crippen LogP contribution is -2.33. The van der Waals surface area contributed by atoms with Crippen LogP contribution in [0, 0.1) is 0 Å². The van der Waals surface area contributed by atoms with E-state index >= 15 is 0 Å².